The average molecular weight is 261 g/mol. The van der Waals surface area contributed by atoms with Crippen LogP contribution in [-0.4, -0.2) is 23.9 Å². The molecule has 1 aromatic rings. The van der Waals surface area contributed by atoms with Crippen LogP contribution in [0, 0.1) is 5.92 Å². The number of nitrogens with one attached hydrogen (secondary N) is 1. The Morgan fingerprint density at radius 2 is 2.05 bits per heavy atom. The van der Waals surface area contributed by atoms with Crippen LogP contribution in [-0.2, 0) is 6.54 Å². The minimum atomic E-state index is -0.455. The number of aliphatic hydroxyl groups is 1. The molecular weight excluding hydrogens is 238 g/mol. The van der Waals surface area contributed by atoms with Crippen molar-refractivity contribution in [3.63, 3.8) is 0 Å². The number of hydrogen-bond donors (Lipinski definition) is 2. The number of hydrogen-bond acceptors (Lipinski definition) is 3. The molecule has 2 aliphatic rings. The monoisotopic (exact) mass is 261 g/mol. The molecule has 0 bridgehead atoms. The Bertz CT molecular complexity index is 425. The highest BCUT2D eigenvalue weighted by Gasteiger charge is 2.33. The van der Waals surface area contributed by atoms with E-state index in [1.165, 1.54) is 18.4 Å². The first-order chi connectivity index (χ1) is 9.25. The van der Waals surface area contributed by atoms with Crippen molar-refractivity contribution in [2.45, 2.75) is 44.2 Å². The molecule has 0 unspecified atom stereocenters. The zero-order valence-electron chi connectivity index (χ0n) is 11.4. The quantitative estimate of drug-likeness (QED) is 0.792. The van der Waals surface area contributed by atoms with Gasteiger partial charge in [-0.2, -0.15) is 0 Å². The highest BCUT2D eigenvalue weighted by Crippen LogP contribution is 2.31. The molecule has 0 atom stereocenters. The Balaban J connectivity index is 1.50. The van der Waals surface area contributed by atoms with Crippen LogP contribution in [0.2, 0.25) is 0 Å². The topological polar surface area (TPSA) is 41.5 Å². The van der Waals surface area contributed by atoms with Gasteiger partial charge >= 0.3 is 0 Å². The van der Waals surface area contributed by atoms with Gasteiger partial charge in [0.05, 0.1) is 12.2 Å². The standard InChI is InChI=1S/C16H23NO2/c18-16(8-3-9-16)12-17-10-14-4-1-2-5-15(14)19-11-13-6-7-13/h1-2,4-5,13,17-18H,3,6-12H2. The van der Waals surface area contributed by atoms with Crippen LogP contribution in [0.5, 0.6) is 5.75 Å². The summed E-state index contributed by atoms with van der Waals surface area (Å²) in [4.78, 5) is 0. The average Bonchev–Trinajstić information content (AvgIpc) is 3.20. The van der Waals surface area contributed by atoms with Crippen molar-refractivity contribution >= 4 is 0 Å². The Hall–Kier alpha value is -1.06. The van der Waals surface area contributed by atoms with E-state index in [1.54, 1.807) is 0 Å². The van der Waals surface area contributed by atoms with Gasteiger partial charge < -0.3 is 15.2 Å². The lowest BCUT2D eigenvalue weighted by Gasteiger charge is -2.36. The van der Waals surface area contributed by atoms with Gasteiger partial charge in [-0.15, -0.1) is 0 Å². The highest BCUT2D eigenvalue weighted by molar-refractivity contribution is 5.33. The second kappa shape index (κ2) is 5.51. The van der Waals surface area contributed by atoms with Crippen molar-refractivity contribution in [2.24, 2.45) is 5.92 Å². The summed E-state index contributed by atoms with van der Waals surface area (Å²) in [6, 6.07) is 8.20. The molecule has 104 valence electrons. The smallest absolute Gasteiger partial charge is 0.123 e. The van der Waals surface area contributed by atoms with E-state index in [0.29, 0.717) is 6.54 Å². The second-order valence-electron chi connectivity index (χ2n) is 6.04. The number of benzene rings is 1. The van der Waals surface area contributed by atoms with Crippen LogP contribution in [0.25, 0.3) is 0 Å². The summed E-state index contributed by atoms with van der Waals surface area (Å²) >= 11 is 0. The van der Waals surface area contributed by atoms with Crippen molar-refractivity contribution in [3.8, 4) is 5.75 Å². The van der Waals surface area contributed by atoms with Crippen molar-refractivity contribution in [2.75, 3.05) is 13.2 Å². The van der Waals surface area contributed by atoms with E-state index in [2.05, 4.69) is 11.4 Å². The van der Waals surface area contributed by atoms with Gasteiger partial charge in [-0.25, -0.2) is 0 Å². The summed E-state index contributed by atoms with van der Waals surface area (Å²) in [6.07, 6.45) is 5.64. The van der Waals surface area contributed by atoms with Gasteiger partial charge in [0.2, 0.25) is 0 Å². The van der Waals surface area contributed by atoms with E-state index in [-0.39, 0.29) is 0 Å². The van der Waals surface area contributed by atoms with Gasteiger partial charge in [-0.1, -0.05) is 18.2 Å². The summed E-state index contributed by atoms with van der Waals surface area (Å²) in [5, 5.41) is 13.4. The van der Waals surface area contributed by atoms with Gasteiger partial charge in [-0.3, -0.25) is 0 Å². The van der Waals surface area contributed by atoms with Crippen LogP contribution in [0.15, 0.2) is 24.3 Å². The Morgan fingerprint density at radius 1 is 1.26 bits per heavy atom. The van der Waals surface area contributed by atoms with Crippen LogP contribution in [0.1, 0.15) is 37.7 Å². The van der Waals surface area contributed by atoms with Gasteiger partial charge in [-0.05, 0) is 44.1 Å². The highest BCUT2D eigenvalue weighted by atomic mass is 16.5. The molecule has 3 nitrogen and oxygen atoms in total. The van der Waals surface area contributed by atoms with E-state index < -0.39 is 5.60 Å². The molecule has 0 aliphatic heterocycles. The largest absolute Gasteiger partial charge is 0.493 e. The van der Waals surface area contributed by atoms with Crippen molar-refractivity contribution < 1.29 is 9.84 Å². The van der Waals surface area contributed by atoms with Crippen molar-refractivity contribution in [1.29, 1.82) is 0 Å². The zero-order chi connectivity index (χ0) is 13.1. The maximum atomic E-state index is 10.0. The third-order valence-corrected chi connectivity index (χ3v) is 4.20. The fourth-order valence-electron chi connectivity index (χ4n) is 2.47. The van der Waals surface area contributed by atoms with Gasteiger partial charge in [0.15, 0.2) is 0 Å². The number of ether oxygens (including phenoxy) is 1. The van der Waals surface area contributed by atoms with Crippen LogP contribution < -0.4 is 10.1 Å². The fourth-order valence-corrected chi connectivity index (χ4v) is 2.47. The SMILES string of the molecule is OC1(CNCc2ccccc2OCC2CC2)CCC1. The third kappa shape index (κ3) is 3.48. The number of para-hydroxylation sites is 1. The molecule has 19 heavy (non-hydrogen) atoms. The lowest BCUT2D eigenvalue weighted by atomic mass is 9.80. The Kier molecular flexibility index (Phi) is 3.76. The fraction of sp³-hybridized carbons (Fsp3) is 0.625. The molecule has 0 spiro atoms. The van der Waals surface area contributed by atoms with Crippen molar-refractivity contribution in [3.05, 3.63) is 29.8 Å². The molecule has 2 saturated carbocycles. The molecule has 0 amide bonds. The van der Waals surface area contributed by atoms with E-state index in [4.69, 9.17) is 4.74 Å². The maximum absolute atomic E-state index is 10.0. The Morgan fingerprint density at radius 3 is 2.74 bits per heavy atom. The first kappa shape index (κ1) is 12.9. The molecular formula is C16H23NO2. The van der Waals surface area contributed by atoms with E-state index in [0.717, 1.165) is 44.1 Å². The molecule has 3 rings (SSSR count). The molecule has 0 saturated heterocycles. The summed E-state index contributed by atoms with van der Waals surface area (Å²) in [6.45, 7) is 2.30. The Labute approximate surface area is 115 Å². The van der Waals surface area contributed by atoms with Crippen LogP contribution >= 0.6 is 0 Å². The van der Waals surface area contributed by atoms with Gasteiger partial charge in [0.1, 0.15) is 5.75 Å². The second-order valence-corrected chi connectivity index (χ2v) is 6.04. The summed E-state index contributed by atoms with van der Waals surface area (Å²) in [5.74, 6) is 1.76. The van der Waals surface area contributed by atoms with Gasteiger partial charge in [0.25, 0.3) is 0 Å². The third-order valence-electron chi connectivity index (χ3n) is 4.20. The zero-order valence-corrected chi connectivity index (χ0v) is 11.4. The minimum absolute atomic E-state index is 0.455. The van der Waals surface area contributed by atoms with Crippen LogP contribution in [0.3, 0.4) is 0 Å². The molecule has 1 aromatic carbocycles. The molecule has 2 fully saturated rings. The number of rotatable bonds is 7. The molecule has 0 radical (unpaired) electrons. The van der Waals surface area contributed by atoms with E-state index >= 15 is 0 Å². The van der Waals surface area contributed by atoms with Crippen molar-refractivity contribution in [1.82, 2.24) is 5.32 Å². The summed E-state index contributed by atoms with van der Waals surface area (Å²) in [7, 11) is 0. The summed E-state index contributed by atoms with van der Waals surface area (Å²) < 4.78 is 5.88. The predicted octanol–water partition coefficient (Wildman–Crippen LogP) is 2.48. The maximum Gasteiger partial charge on any atom is 0.123 e. The minimum Gasteiger partial charge on any atom is -0.493 e. The summed E-state index contributed by atoms with van der Waals surface area (Å²) in [5.41, 5.74) is 0.732. The van der Waals surface area contributed by atoms with E-state index in [1.807, 2.05) is 18.2 Å². The normalized spacial score (nSPS) is 20.9. The first-order valence-corrected chi connectivity index (χ1v) is 7.39. The van der Waals surface area contributed by atoms with E-state index in [9.17, 15) is 5.11 Å². The molecule has 2 aliphatic carbocycles. The first-order valence-electron chi connectivity index (χ1n) is 7.39. The molecule has 2 N–H and O–H groups in total. The molecule has 0 aromatic heterocycles. The lowest BCUT2D eigenvalue weighted by Crippen LogP contribution is -2.46. The lowest BCUT2D eigenvalue weighted by molar-refractivity contribution is -0.0315. The molecule has 0 heterocycles. The van der Waals surface area contributed by atoms with Crippen LogP contribution in [0.4, 0.5) is 0 Å². The predicted molar refractivity (Wildman–Crippen MR) is 75.2 cm³/mol. The molecule has 3 heteroatoms. The van der Waals surface area contributed by atoms with Gasteiger partial charge in [0, 0.05) is 18.7 Å².